The van der Waals surface area contributed by atoms with Gasteiger partial charge in [-0.25, -0.2) is 0 Å². The molecule has 2 nitrogen and oxygen atoms in total. The van der Waals surface area contributed by atoms with E-state index in [9.17, 15) is 0 Å². The van der Waals surface area contributed by atoms with E-state index < -0.39 is 0 Å². The molecule has 18 heavy (non-hydrogen) atoms. The number of hydrogen-bond acceptors (Lipinski definition) is 3. The zero-order chi connectivity index (χ0) is 13.0. The second kappa shape index (κ2) is 6.34. The number of hydrogen-bond donors (Lipinski definition) is 2. The Labute approximate surface area is 117 Å². The standard InChI is InChI=1S/C14H17ClN2S/c1-10-7-11(15)4-5-13(10)14(8-16)17-9-12-3-2-6-18-12/h2-7,14,17H,8-9,16H2,1H3. The molecule has 96 valence electrons. The van der Waals surface area contributed by atoms with Crippen molar-refractivity contribution in [2.75, 3.05) is 6.54 Å². The van der Waals surface area contributed by atoms with Crippen LogP contribution in [0.25, 0.3) is 0 Å². The van der Waals surface area contributed by atoms with Crippen LogP contribution in [0.4, 0.5) is 0 Å². The zero-order valence-electron chi connectivity index (χ0n) is 10.3. The monoisotopic (exact) mass is 280 g/mol. The number of benzene rings is 1. The molecular formula is C14H17ClN2S. The molecule has 0 aliphatic heterocycles. The minimum atomic E-state index is 0.171. The van der Waals surface area contributed by atoms with Crippen molar-refractivity contribution in [1.82, 2.24) is 5.32 Å². The number of nitrogens with two attached hydrogens (primary N) is 1. The molecule has 1 atom stereocenters. The minimum Gasteiger partial charge on any atom is -0.329 e. The highest BCUT2D eigenvalue weighted by atomic mass is 35.5. The first kappa shape index (κ1) is 13.6. The predicted molar refractivity (Wildman–Crippen MR) is 79.1 cm³/mol. The van der Waals surface area contributed by atoms with Crippen LogP contribution in [-0.2, 0) is 6.54 Å². The first-order valence-electron chi connectivity index (χ1n) is 5.92. The Hall–Kier alpha value is -0.870. The molecule has 1 heterocycles. The van der Waals surface area contributed by atoms with Crippen molar-refractivity contribution in [3.05, 3.63) is 56.7 Å². The fraction of sp³-hybridized carbons (Fsp3) is 0.286. The molecule has 2 rings (SSSR count). The summed E-state index contributed by atoms with van der Waals surface area (Å²) in [6.45, 7) is 3.49. The van der Waals surface area contributed by atoms with Crippen molar-refractivity contribution >= 4 is 22.9 Å². The maximum Gasteiger partial charge on any atom is 0.0450 e. The number of aryl methyl sites for hydroxylation is 1. The maximum absolute atomic E-state index is 5.97. The van der Waals surface area contributed by atoms with Gasteiger partial charge >= 0.3 is 0 Å². The summed E-state index contributed by atoms with van der Waals surface area (Å²) in [4.78, 5) is 1.32. The lowest BCUT2D eigenvalue weighted by Crippen LogP contribution is -2.28. The first-order chi connectivity index (χ1) is 8.70. The Morgan fingerprint density at radius 2 is 2.22 bits per heavy atom. The van der Waals surface area contributed by atoms with Gasteiger partial charge in [-0.3, -0.25) is 0 Å². The molecule has 2 aromatic rings. The molecule has 0 aliphatic rings. The van der Waals surface area contributed by atoms with Gasteiger partial charge in [0.1, 0.15) is 0 Å². The summed E-state index contributed by atoms with van der Waals surface area (Å²) >= 11 is 7.73. The molecule has 0 fully saturated rings. The molecule has 0 radical (unpaired) electrons. The van der Waals surface area contributed by atoms with Gasteiger partial charge in [0.05, 0.1) is 0 Å². The SMILES string of the molecule is Cc1cc(Cl)ccc1C(CN)NCc1cccs1. The predicted octanol–water partition coefficient (Wildman–Crippen LogP) is 3.50. The Kier molecular flexibility index (Phi) is 4.78. The smallest absolute Gasteiger partial charge is 0.0450 e. The van der Waals surface area contributed by atoms with Gasteiger partial charge in [0.15, 0.2) is 0 Å². The van der Waals surface area contributed by atoms with E-state index in [2.05, 4.69) is 35.8 Å². The number of thiophene rings is 1. The molecule has 1 aromatic heterocycles. The van der Waals surface area contributed by atoms with Crippen LogP contribution < -0.4 is 11.1 Å². The summed E-state index contributed by atoms with van der Waals surface area (Å²) in [6, 6.07) is 10.3. The topological polar surface area (TPSA) is 38.0 Å². The molecule has 0 amide bonds. The summed E-state index contributed by atoms with van der Waals surface area (Å²) in [5, 5.41) is 6.34. The van der Waals surface area contributed by atoms with Crippen LogP contribution in [0.1, 0.15) is 22.0 Å². The second-order valence-corrected chi connectivity index (χ2v) is 5.72. The minimum absolute atomic E-state index is 0.171. The summed E-state index contributed by atoms with van der Waals surface area (Å²) in [5.41, 5.74) is 8.26. The lowest BCUT2D eigenvalue weighted by Gasteiger charge is -2.19. The molecule has 0 aliphatic carbocycles. The summed E-state index contributed by atoms with van der Waals surface area (Å²) in [5.74, 6) is 0. The average Bonchev–Trinajstić information content (AvgIpc) is 2.85. The third kappa shape index (κ3) is 3.33. The van der Waals surface area contributed by atoms with Crippen molar-refractivity contribution in [2.24, 2.45) is 5.73 Å². The van der Waals surface area contributed by atoms with Gasteiger partial charge in [-0.2, -0.15) is 0 Å². The lowest BCUT2D eigenvalue weighted by molar-refractivity contribution is 0.543. The highest BCUT2D eigenvalue weighted by Gasteiger charge is 2.11. The molecule has 3 N–H and O–H groups in total. The van der Waals surface area contributed by atoms with Crippen LogP contribution in [0.15, 0.2) is 35.7 Å². The maximum atomic E-state index is 5.97. The Balaban J connectivity index is 2.08. The van der Waals surface area contributed by atoms with E-state index in [4.69, 9.17) is 17.3 Å². The average molecular weight is 281 g/mol. The van der Waals surface area contributed by atoms with Crippen LogP contribution >= 0.6 is 22.9 Å². The number of nitrogens with one attached hydrogen (secondary N) is 1. The second-order valence-electron chi connectivity index (χ2n) is 4.25. The van der Waals surface area contributed by atoms with Crippen LogP contribution in [-0.4, -0.2) is 6.54 Å². The molecular weight excluding hydrogens is 264 g/mol. The van der Waals surface area contributed by atoms with Gasteiger partial charge < -0.3 is 11.1 Å². The van der Waals surface area contributed by atoms with Crippen molar-refractivity contribution < 1.29 is 0 Å². The van der Waals surface area contributed by atoms with Crippen molar-refractivity contribution in [2.45, 2.75) is 19.5 Å². The summed E-state index contributed by atoms with van der Waals surface area (Å²) in [7, 11) is 0. The highest BCUT2D eigenvalue weighted by molar-refractivity contribution is 7.09. The van der Waals surface area contributed by atoms with Gasteiger partial charge in [-0.1, -0.05) is 23.7 Å². The largest absolute Gasteiger partial charge is 0.329 e. The van der Waals surface area contributed by atoms with E-state index >= 15 is 0 Å². The van der Waals surface area contributed by atoms with E-state index in [1.807, 2.05) is 12.1 Å². The lowest BCUT2D eigenvalue weighted by atomic mass is 10.0. The van der Waals surface area contributed by atoms with Crippen LogP contribution in [0, 0.1) is 6.92 Å². The molecule has 0 saturated heterocycles. The van der Waals surface area contributed by atoms with Gasteiger partial charge in [-0.05, 0) is 41.6 Å². The molecule has 0 spiro atoms. The van der Waals surface area contributed by atoms with E-state index in [0.29, 0.717) is 6.54 Å². The van der Waals surface area contributed by atoms with E-state index in [-0.39, 0.29) is 6.04 Å². The Morgan fingerprint density at radius 3 is 2.83 bits per heavy atom. The van der Waals surface area contributed by atoms with Crippen LogP contribution in [0.5, 0.6) is 0 Å². The number of halogens is 1. The van der Waals surface area contributed by atoms with Crippen LogP contribution in [0.2, 0.25) is 5.02 Å². The van der Waals surface area contributed by atoms with Crippen molar-refractivity contribution in [3.8, 4) is 0 Å². The molecule has 1 unspecified atom stereocenters. The quantitative estimate of drug-likeness (QED) is 0.880. The Bertz CT molecular complexity index is 497. The van der Waals surface area contributed by atoms with Crippen molar-refractivity contribution in [3.63, 3.8) is 0 Å². The zero-order valence-corrected chi connectivity index (χ0v) is 11.9. The van der Waals surface area contributed by atoms with Gasteiger partial charge in [-0.15, -0.1) is 11.3 Å². The molecule has 0 bridgehead atoms. The van der Waals surface area contributed by atoms with Gasteiger partial charge in [0.2, 0.25) is 0 Å². The van der Waals surface area contributed by atoms with Gasteiger partial charge in [0, 0.05) is 29.0 Å². The van der Waals surface area contributed by atoms with E-state index in [1.54, 1.807) is 11.3 Å². The molecule has 0 saturated carbocycles. The normalized spacial score (nSPS) is 12.6. The first-order valence-corrected chi connectivity index (χ1v) is 7.18. The molecule has 1 aromatic carbocycles. The fourth-order valence-electron chi connectivity index (χ4n) is 1.99. The molecule has 4 heteroatoms. The number of rotatable bonds is 5. The fourth-order valence-corrected chi connectivity index (χ4v) is 2.87. The van der Waals surface area contributed by atoms with Crippen LogP contribution in [0.3, 0.4) is 0 Å². The van der Waals surface area contributed by atoms with Gasteiger partial charge in [0.25, 0.3) is 0 Å². The summed E-state index contributed by atoms with van der Waals surface area (Å²) < 4.78 is 0. The Morgan fingerprint density at radius 1 is 1.39 bits per heavy atom. The van der Waals surface area contributed by atoms with Crippen molar-refractivity contribution in [1.29, 1.82) is 0 Å². The highest BCUT2D eigenvalue weighted by Crippen LogP contribution is 2.21. The van der Waals surface area contributed by atoms with E-state index in [0.717, 1.165) is 11.6 Å². The van der Waals surface area contributed by atoms with E-state index in [1.165, 1.54) is 16.0 Å². The third-order valence-electron chi connectivity index (χ3n) is 2.95. The summed E-state index contributed by atoms with van der Waals surface area (Å²) in [6.07, 6.45) is 0. The third-order valence-corrected chi connectivity index (χ3v) is 4.06.